The summed E-state index contributed by atoms with van der Waals surface area (Å²) in [6, 6.07) is 7.80. The number of ether oxygens (including phenoxy) is 1. The Morgan fingerprint density at radius 1 is 1.39 bits per heavy atom. The Kier molecular flexibility index (Phi) is 4.35. The van der Waals surface area contributed by atoms with Crippen molar-refractivity contribution in [1.29, 1.82) is 0 Å². The highest BCUT2D eigenvalue weighted by Crippen LogP contribution is 2.23. The minimum absolute atomic E-state index is 0.652. The Labute approximate surface area is 120 Å². The maximum Gasteiger partial charge on any atom is 0.161 e. The van der Waals surface area contributed by atoms with Gasteiger partial charge in [-0.3, -0.25) is 0 Å². The van der Waals surface area contributed by atoms with Gasteiger partial charge in [0.2, 0.25) is 0 Å². The topological polar surface area (TPSA) is 47.0 Å². The molecule has 0 saturated carbocycles. The first-order valence-electron chi connectivity index (χ1n) is 5.68. The molecule has 1 heterocycles. The van der Waals surface area contributed by atoms with Crippen LogP contribution >= 0.6 is 22.6 Å². The fourth-order valence-electron chi connectivity index (χ4n) is 1.57. The lowest BCUT2D eigenvalue weighted by atomic mass is 10.2. The van der Waals surface area contributed by atoms with Crippen molar-refractivity contribution < 1.29 is 4.74 Å². The number of aromatic nitrogens is 2. The van der Waals surface area contributed by atoms with Crippen molar-refractivity contribution in [2.75, 3.05) is 19.0 Å². The molecule has 0 aliphatic heterocycles. The second-order valence-electron chi connectivity index (χ2n) is 3.60. The minimum atomic E-state index is 0.652. The number of hydrogen-bond acceptors (Lipinski definition) is 4. The Hall–Kier alpha value is -1.37. The Morgan fingerprint density at radius 2 is 2.22 bits per heavy atom. The van der Waals surface area contributed by atoms with Crippen molar-refractivity contribution >= 4 is 28.4 Å². The highest BCUT2D eigenvalue weighted by atomic mass is 127. The van der Waals surface area contributed by atoms with Crippen LogP contribution in [0.2, 0.25) is 0 Å². The Balaban J connectivity index is 2.38. The molecule has 0 atom stereocenters. The van der Waals surface area contributed by atoms with Crippen LogP contribution in [0.4, 0.5) is 5.82 Å². The molecule has 1 N–H and O–H groups in total. The van der Waals surface area contributed by atoms with Crippen LogP contribution in [0, 0.1) is 3.57 Å². The summed E-state index contributed by atoms with van der Waals surface area (Å²) in [6.07, 6.45) is 1.81. The summed E-state index contributed by atoms with van der Waals surface area (Å²) in [5.41, 5.74) is 0.953. The molecular formula is C13H14IN3O. The van der Waals surface area contributed by atoms with Crippen LogP contribution in [0.3, 0.4) is 0 Å². The van der Waals surface area contributed by atoms with Gasteiger partial charge in [-0.1, -0.05) is 12.1 Å². The van der Waals surface area contributed by atoms with Gasteiger partial charge >= 0.3 is 0 Å². The monoisotopic (exact) mass is 355 g/mol. The molecule has 4 nitrogen and oxygen atoms in total. The van der Waals surface area contributed by atoms with E-state index in [4.69, 9.17) is 4.74 Å². The molecule has 94 valence electrons. The van der Waals surface area contributed by atoms with Crippen molar-refractivity contribution in [1.82, 2.24) is 9.97 Å². The van der Waals surface area contributed by atoms with E-state index in [2.05, 4.69) is 37.9 Å². The molecule has 0 fully saturated rings. The average molecular weight is 355 g/mol. The van der Waals surface area contributed by atoms with E-state index in [-0.39, 0.29) is 0 Å². The van der Waals surface area contributed by atoms with Crippen LogP contribution < -0.4 is 10.1 Å². The summed E-state index contributed by atoms with van der Waals surface area (Å²) >= 11 is 2.20. The van der Waals surface area contributed by atoms with Gasteiger partial charge in [0.15, 0.2) is 5.82 Å². The molecule has 0 radical (unpaired) electrons. The van der Waals surface area contributed by atoms with Gasteiger partial charge in [0.1, 0.15) is 11.6 Å². The largest absolute Gasteiger partial charge is 0.494 e. The zero-order chi connectivity index (χ0) is 13.0. The highest BCUT2D eigenvalue weighted by molar-refractivity contribution is 14.1. The number of rotatable bonds is 4. The number of halogens is 1. The molecular weight excluding hydrogens is 341 g/mol. The zero-order valence-electron chi connectivity index (χ0n) is 10.3. The predicted molar refractivity (Wildman–Crippen MR) is 80.9 cm³/mol. The molecule has 0 spiro atoms. The summed E-state index contributed by atoms with van der Waals surface area (Å²) in [4.78, 5) is 8.82. The van der Waals surface area contributed by atoms with Gasteiger partial charge < -0.3 is 10.1 Å². The first kappa shape index (κ1) is 13.1. The van der Waals surface area contributed by atoms with E-state index in [1.54, 1.807) is 0 Å². The van der Waals surface area contributed by atoms with Crippen LogP contribution in [-0.4, -0.2) is 23.6 Å². The minimum Gasteiger partial charge on any atom is -0.494 e. The molecule has 0 unspecified atom stereocenters. The lowest BCUT2D eigenvalue weighted by Crippen LogP contribution is -1.99. The Bertz CT molecular complexity index is 546. The molecule has 0 bridgehead atoms. The van der Waals surface area contributed by atoms with Crippen molar-refractivity contribution in [3.05, 3.63) is 34.0 Å². The number of nitrogens with one attached hydrogen (secondary N) is 1. The van der Waals surface area contributed by atoms with Gasteiger partial charge in [-0.05, 0) is 41.6 Å². The third-order valence-corrected chi connectivity index (χ3v) is 3.17. The van der Waals surface area contributed by atoms with E-state index < -0.39 is 0 Å². The summed E-state index contributed by atoms with van der Waals surface area (Å²) in [7, 11) is 1.85. The SMILES string of the molecule is CCOc1cccc(-c2ncc(I)c(NC)n2)c1. The lowest BCUT2D eigenvalue weighted by Gasteiger charge is -2.07. The van der Waals surface area contributed by atoms with Crippen LogP contribution in [0.15, 0.2) is 30.5 Å². The smallest absolute Gasteiger partial charge is 0.161 e. The normalized spacial score (nSPS) is 10.2. The van der Waals surface area contributed by atoms with Gasteiger partial charge in [-0.15, -0.1) is 0 Å². The predicted octanol–water partition coefficient (Wildman–Crippen LogP) is 3.19. The standard InChI is InChI=1S/C13H14IN3O/c1-3-18-10-6-4-5-9(7-10)12-16-8-11(14)13(15-2)17-12/h4-8H,3H2,1-2H3,(H,15,16,17). The molecule has 2 rings (SSSR count). The van der Waals surface area contributed by atoms with E-state index in [0.29, 0.717) is 12.4 Å². The molecule has 1 aromatic carbocycles. The molecule has 0 amide bonds. The molecule has 1 aromatic heterocycles. The van der Waals surface area contributed by atoms with E-state index in [9.17, 15) is 0 Å². The maximum absolute atomic E-state index is 5.48. The van der Waals surface area contributed by atoms with Gasteiger partial charge in [0.25, 0.3) is 0 Å². The van der Waals surface area contributed by atoms with Crippen molar-refractivity contribution in [2.45, 2.75) is 6.92 Å². The van der Waals surface area contributed by atoms with Gasteiger partial charge in [0, 0.05) is 18.8 Å². The second kappa shape index (κ2) is 5.99. The van der Waals surface area contributed by atoms with Gasteiger partial charge in [0.05, 0.1) is 10.2 Å². The van der Waals surface area contributed by atoms with Gasteiger partial charge in [-0.25, -0.2) is 9.97 Å². The molecule has 0 saturated heterocycles. The molecule has 2 aromatic rings. The first-order valence-corrected chi connectivity index (χ1v) is 6.76. The first-order chi connectivity index (χ1) is 8.74. The molecule has 0 aliphatic rings. The van der Waals surface area contributed by atoms with Crippen LogP contribution in [-0.2, 0) is 0 Å². The summed E-state index contributed by atoms with van der Waals surface area (Å²) in [5, 5.41) is 3.06. The molecule has 0 aliphatic carbocycles. The third-order valence-electron chi connectivity index (χ3n) is 2.38. The zero-order valence-corrected chi connectivity index (χ0v) is 12.4. The highest BCUT2D eigenvalue weighted by Gasteiger charge is 2.06. The second-order valence-corrected chi connectivity index (χ2v) is 4.76. The number of benzene rings is 1. The average Bonchev–Trinajstić information content (AvgIpc) is 2.40. The van der Waals surface area contributed by atoms with Gasteiger partial charge in [-0.2, -0.15) is 0 Å². The number of anilines is 1. The summed E-state index contributed by atoms with van der Waals surface area (Å²) in [5.74, 6) is 2.37. The Morgan fingerprint density at radius 3 is 2.94 bits per heavy atom. The van der Waals surface area contributed by atoms with E-state index >= 15 is 0 Å². The fourth-order valence-corrected chi connectivity index (χ4v) is 2.10. The third kappa shape index (κ3) is 2.90. The van der Waals surface area contributed by atoms with E-state index in [0.717, 1.165) is 20.7 Å². The quantitative estimate of drug-likeness (QED) is 0.856. The molecule has 18 heavy (non-hydrogen) atoms. The number of hydrogen-bond donors (Lipinski definition) is 1. The number of nitrogens with zero attached hydrogens (tertiary/aromatic N) is 2. The molecule has 5 heteroatoms. The maximum atomic E-state index is 5.48. The van der Waals surface area contributed by atoms with E-state index in [1.807, 2.05) is 44.4 Å². The summed E-state index contributed by atoms with van der Waals surface area (Å²) in [6.45, 7) is 2.62. The van der Waals surface area contributed by atoms with Crippen molar-refractivity contribution in [2.24, 2.45) is 0 Å². The fraction of sp³-hybridized carbons (Fsp3) is 0.231. The van der Waals surface area contributed by atoms with Crippen molar-refractivity contribution in [3.63, 3.8) is 0 Å². The van der Waals surface area contributed by atoms with E-state index in [1.165, 1.54) is 0 Å². The lowest BCUT2D eigenvalue weighted by molar-refractivity contribution is 0.340. The van der Waals surface area contributed by atoms with Crippen LogP contribution in [0.1, 0.15) is 6.92 Å². The van der Waals surface area contributed by atoms with Crippen molar-refractivity contribution in [3.8, 4) is 17.1 Å². The summed E-state index contributed by atoms with van der Waals surface area (Å²) < 4.78 is 6.48. The van der Waals surface area contributed by atoms with Crippen LogP contribution in [0.5, 0.6) is 5.75 Å². The van der Waals surface area contributed by atoms with Crippen LogP contribution in [0.25, 0.3) is 11.4 Å².